The predicted octanol–water partition coefficient (Wildman–Crippen LogP) is 0.374. The van der Waals surface area contributed by atoms with Gasteiger partial charge in [-0.1, -0.05) is 0 Å². The van der Waals surface area contributed by atoms with E-state index >= 15 is 0 Å². The van der Waals surface area contributed by atoms with E-state index < -0.39 is 12.0 Å². The van der Waals surface area contributed by atoms with Crippen molar-refractivity contribution in [3.8, 4) is 18.2 Å². The first-order valence-electron chi connectivity index (χ1n) is 4.47. The van der Waals surface area contributed by atoms with Crippen molar-refractivity contribution in [2.45, 2.75) is 12.5 Å². The highest BCUT2D eigenvalue weighted by Gasteiger charge is 2.16. The molecular weight excluding hydrogens is 210 g/mol. The topological polar surface area (TPSA) is 84.3 Å². The zero-order chi connectivity index (χ0) is 12.0. The van der Waals surface area contributed by atoms with E-state index in [0.29, 0.717) is 5.88 Å². The lowest BCUT2D eigenvalue weighted by Gasteiger charge is -2.11. The highest BCUT2D eigenvalue weighted by atomic mass is 16.5. The molecule has 1 atom stereocenters. The smallest absolute Gasteiger partial charge is 0.327 e. The molecule has 0 aliphatic rings. The van der Waals surface area contributed by atoms with Crippen LogP contribution in [0.15, 0.2) is 12.3 Å². The van der Waals surface area contributed by atoms with E-state index in [1.165, 1.54) is 13.3 Å². The molecular formula is C10H11N3O3. The molecule has 1 heterocycles. The van der Waals surface area contributed by atoms with Crippen molar-refractivity contribution in [1.82, 2.24) is 9.97 Å². The molecule has 84 valence electrons. The highest BCUT2D eigenvalue weighted by Crippen LogP contribution is 2.09. The lowest BCUT2D eigenvalue weighted by atomic mass is 10.2. The number of nitrogens with one attached hydrogen (secondary N) is 1. The van der Waals surface area contributed by atoms with Crippen LogP contribution in [0.4, 0.5) is 5.95 Å². The Bertz CT molecular complexity index is 414. The Labute approximate surface area is 92.7 Å². The number of anilines is 1. The summed E-state index contributed by atoms with van der Waals surface area (Å²) in [7, 11) is 1.46. The molecule has 0 aliphatic heterocycles. The number of nitrogens with zero attached hydrogens (tertiary/aromatic N) is 2. The van der Waals surface area contributed by atoms with E-state index in [9.17, 15) is 4.79 Å². The number of methoxy groups -OCH3 is 1. The summed E-state index contributed by atoms with van der Waals surface area (Å²) in [6, 6.07) is 0.652. The molecule has 1 aromatic heterocycles. The van der Waals surface area contributed by atoms with Crippen LogP contribution in [0.2, 0.25) is 0 Å². The SMILES string of the molecule is C#CCC(Nc1nccc(OC)n1)C(=O)O. The number of rotatable bonds is 5. The number of carbonyl (C=O) groups is 1. The van der Waals surface area contributed by atoms with Crippen LogP contribution in [-0.4, -0.2) is 34.2 Å². The Balaban J connectivity index is 2.77. The fraction of sp³-hybridized carbons (Fsp3) is 0.300. The summed E-state index contributed by atoms with van der Waals surface area (Å²) in [5.41, 5.74) is 0. The van der Waals surface area contributed by atoms with E-state index in [-0.39, 0.29) is 12.4 Å². The lowest BCUT2D eigenvalue weighted by Crippen LogP contribution is -2.29. The van der Waals surface area contributed by atoms with Gasteiger partial charge in [0.25, 0.3) is 0 Å². The van der Waals surface area contributed by atoms with Crippen LogP contribution in [0.3, 0.4) is 0 Å². The largest absolute Gasteiger partial charge is 0.481 e. The number of aliphatic carboxylic acids is 1. The van der Waals surface area contributed by atoms with Crippen molar-refractivity contribution in [2.75, 3.05) is 12.4 Å². The maximum Gasteiger partial charge on any atom is 0.327 e. The standard InChI is InChI=1S/C10H11N3O3/c1-3-4-7(9(14)15)12-10-11-6-5-8(13-10)16-2/h1,5-7H,4H2,2H3,(H,14,15)(H,11,12,13). The number of ether oxygens (including phenoxy) is 1. The molecule has 0 bridgehead atoms. The predicted molar refractivity (Wildman–Crippen MR) is 57.1 cm³/mol. The van der Waals surface area contributed by atoms with Crippen LogP contribution in [0, 0.1) is 12.3 Å². The molecule has 0 amide bonds. The summed E-state index contributed by atoms with van der Waals surface area (Å²) >= 11 is 0. The van der Waals surface area contributed by atoms with Gasteiger partial charge in [0.1, 0.15) is 6.04 Å². The van der Waals surface area contributed by atoms with E-state index in [1.807, 2.05) is 0 Å². The number of hydrogen-bond acceptors (Lipinski definition) is 5. The minimum Gasteiger partial charge on any atom is -0.481 e. The van der Waals surface area contributed by atoms with Crippen LogP contribution in [0.1, 0.15) is 6.42 Å². The molecule has 2 N–H and O–H groups in total. The van der Waals surface area contributed by atoms with Crippen molar-refractivity contribution >= 4 is 11.9 Å². The quantitative estimate of drug-likeness (QED) is 0.699. The van der Waals surface area contributed by atoms with Crippen molar-refractivity contribution in [2.24, 2.45) is 0 Å². The molecule has 6 heteroatoms. The molecule has 6 nitrogen and oxygen atoms in total. The first-order chi connectivity index (χ1) is 7.67. The third-order valence-electron chi connectivity index (χ3n) is 1.76. The van der Waals surface area contributed by atoms with Gasteiger partial charge < -0.3 is 15.2 Å². The fourth-order valence-corrected chi connectivity index (χ4v) is 0.999. The van der Waals surface area contributed by atoms with Gasteiger partial charge in [-0.05, 0) is 0 Å². The Morgan fingerprint density at radius 2 is 2.56 bits per heavy atom. The van der Waals surface area contributed by atoms with Gasteiger partial charge >= 0.3 is 5.97 Å². The van der Waals surface area contributed by atoms with E-state index in [1.54, 1.807) is 6.07 Å². The van der Waals surface area contributed by atoms with Crippen LogP contribution >= 0.6 is 0 Å². The number of hydrogen-bond donors (Lipinski definition) is 2. The molecule has 0 radical (unpaired) electrons. The Kier molecular flexibility index (Phi) is 4.09. The average molecular weight is 221 g/mol. The second kappa shape index (κ2) is 5.56. The van der Waals surface area contributed by atoms with Crippen molar-refractivity contribution in [1.29, 1.82) is 0 Å². The third kappa shape index (κ3) is 3.13. The minimum absolute atomic E-state index is 0.0515. The molecule has 1 aromatic rings. The van der Waals surface area contributed by atoms with Gasteiger partial charge in [0, 0.05) is 18.7 Å². The number of aromatic nitrogens is 2. The molecule has 1 rings (SSSR count). The Hall–Kier alpha value is -2.29. The van der Waals surface area contributed by atoms with E-state index in [2.05, 4.69) is 21.2 Å². The van der Waals surface area contributed by atoms with E-state index in [0.717, 1.165) is 0 Å². The first kappa shape index (κ1) is 11.8. The van der Waals surface area contributed by atoms with Crippen molar-refractivity contribution in [3.05, 3.63) is 12.3 Å². The first-order valence-corrected chi connectivity index (χ1v) is 4.47. The monoisotopic (exact) mass is 221 g/mol. The van der Waals surface area contributed by atoms with Crippen LogP contribution in [0.25, 0.3) is 0 Å². The van der Waals surface area contributed by atoms with E-state index in [4.69, 9.17) is 16.3 Å². The highest BCUT2D eigenvalue weighted by molar-refractivity contribution is 5.76. The minimum atomic E-state index is -1.05. The molecule has 0 saturated carbocycles. The lowest BCUT2D eigenvalue weighted by molar-refractivity contribution is -0.137. The molecule has 0 spiro atoms. The van der Waals surface area contributed by atoms with Gasteiger partial charge in [0.05, 0.1) is 7.11 Å². The van der Waals surface area contributed by atoms with Crippen molar-refractivity contribution < 1.29 is 14.6 Å². The summed E-state index contributed by atoms with van der Waals surface area (Å²) in [4.78, 5) is 18.6. The summed E-state index contributed by atoms with van der Waals surface area (Å²) in [5, 5.41) is 11.5. The molecule has 0 fully saturated rings. The fourth-order valence-electron chi connectivity index (χ4n) is 0.999. The number of carboxylic acids is 1. The maximum atomic E-state index is 10.8. The summed E-state index contributed by atoms with van der Waals surface area (Å²) in [6.07, 6.45) is 6.57. The normalized spacial score (nSPS) is 11.2. The van der Waals surface area contributed by atoms with Gasteiger partial charge in [0.2, 0.25) is 11.8 Å². The second-order valence-corrected chi connectivity index (χ2v) is 2.87. The summed E-state index contributed by atoms with van der Waals surface area (Å²) in [6.45, 7) is 0. The average Bonchev–Trinajstić information content (AvgIpc) is 2.28. The van der Waals surface area contributed by atoms with Gasteiger partial charge in [-0.2, -0.15) is 4.98 Å². The number of terminal acetylenes is 1. The van der Waals surface area contributed by atoms with Crippen LogP contribution in [-0.2, 0) is 4.79 Å². The van der Waals surface area contributed by atoms with Crippen LogP contribution in [0.5, 0.6) is 5.88 Å². The van der Waals surface area contributed by atoms with Crippen molar-refractivity contribution in [3.63, 3.8) is 0 Å². The van der Waals surface area contributed by atoms with Gasteiger partial charge in [-0.3, -0.25) is 0 Å². The maximum absolute atomic E-state index is 10.8. The Morgan fingerprint density at radius 3 is 3.12 bits per heavy atom. The zero-order valence-electron chi connectivity index (χ0n) is 8.67. The van der Waals surface area contributed by atoms with Gasteiger partial charge in [-0.15, -0.1) is 12.3 Å². The third-order valence-corrected chi connectivity index (χ3v) is 1.76. The number of carboxylic acid groups (broad SMARTS) is 1. The molecule has 0 aromatic carbocycles. The Morgan fingerprint density at radius 1 is 1.81 bits per heavy atom. The second-order valence-electron chi connectivity index (χ2n) is 2.87. The van der Waals surface area contributed by atoms with Crippen LogP contribution < -0.4 is 10.1 Å². The molecule has 0 aliphatic carbocycles. The summed E-state index contributed by atoms with van der Waals surface area (Å²) < 4.78 is 4.88. The molecule has 0 saturated heterocycles. The molecule has 1 unspecified atom stereocenters. The summed E-state index contributed by atoms with van der Waals surface area (Å²) in [5.74, 6) is 1.73. The molecule has 16 heavy (non-hydrogen) atoms. The van der Waals surface area contributed by atoms with Gasteiger partial charge in [0.15, 0.2) is 0 Å². The van der Waals surface area contributed by atoms with Gasteiger partial charge in [-0.25, -0.2) is 9.78 Å². The zero-order valence-corrected chi connectivity index (χ0v) is 8.67.